The summed E-state index contributed by atoms with van der Waals surface area (Å²) in [5, 5.41) is 1.27. The van der Waals surface area contributed by atoms with Gasteiger partial charge in [0, 0.05) is 12.5 Å². The monoisotopic (exact) mass is 363 g/mol. The largest absolute Gasteiger partial charge is 0.236 e. The molecule has 0 amide bonds. The molecule has 0 bridgehead atoms. The number of hydrogen-bond acceptors (Lipinski definition) is 2. The van der Waals surface area contributed by atoms with Gasteiger partial charge in [0.1, 0.15) is 0 Å². The lowest BCUT2D eigenvalue weighted by atomic mass is 9.99. The average molecular weight is 363 g/mol. The molecule has 3 nitrogen and oxygen atoms in total. The highest BCUT2D eigenvalue weighted by Crippen LogP contribution is 2.30. The zero-order valence-corrected chi connectivity index (χ0v) is 15.4. The Kier molecular flexibility index (Phi) is 5.66. The predicted octanol–water partition coefficient (Wildman–Crippen LogP) is 4.71. The zero-order chi connectivity index (χ0) is 18.4. The van der Waals surface area contributed by atoms with E-state index in [9.17, 15) is 8.42 Å². The second-order valence-corrected chi connectivity index (χ2v) is 7.88. The van der Waals surface area contributed by atoms with Crippen molar-refractivity contribution in [3.63, 3.8) is 0 Å². The van der Waals surface area contributed by atoms with Crippen LogP contribution < -0.4 is 0 Å². The Balaban J connectivity index is 1.97. The van der Waals surface area contributed by atoms with Crippen molar-refractivity contribution >= 4 is 16.1 Å². The topological polar surface area (TPSA) is 37.4 Å². The van der Waals surface area contributed by atoms with E-state index in [0.29, 0.717) is 0 Å². The number of nitrogens with zero attached hydrogens (tertiary/aromatic N) is 1. The van der Waals surface area contributed by atoms with Gasteiger partial charge < -0.3 is 0 Å². The van der Waals surface area contributed by atoms with E-state index < -0.39 is 10.0 Å². The Labute approximate surface area is 155 Å². The first-order chi connectivity index (χ1) is 12.6. The Hall–Kier alpha value is -2.69. The van der Waals surface area contributed by atoms with E-state index in [4.69, 9.17) is 0 Å². The van der Waals surface area contributed by atoms with Gasteiger partial charge in [0.05, 0.1) is 6.04 Å². The summed E-state index contributed by atoms with van der Waals surface area (Å²) in [6, 6.07) is 28.4. The second kappa shape index (κ2) is 8.13. The maximum absolute atomic E-state index is 12.9. The third-order valence-electron chi connectivity index (χ3n) is 4.23. The molecule has 0 aromatic heterocycles. The standard InChI is InChI=1S/C22H21NO2S/c1-23(26(24,25)18-17-19-11-5-2-6-12-19)22(20-13-7-3-8-14-20)21-15-9-4-10-16-21/h2-18,22H,1H3/b18-17+. The molecule has 0 saturated heterocycles. The molecule has 0 fully saturated rings. The molecule has 3 aromatic rings. The summed E-state index contributed by atoms with van der Waals surface area (Å²) in [7, 11) is -1.98. The second-order valence-electron chi connectivity index (χ2n) is 6.00. The van der Waals surface area contributed by atoms with Gasteiger partial charge in [-0.2, -0.15) is 4.31 Å². The predicted molar refractivity (Wildman–Crippen MR) is 107 cm³/mol. The number of rotatable bonds is 6. The molecule has 4 heteroatoms. The molecule has 0 N–H and O–H groups in total. The molecule has 0 spiro atoms. The van der Waals surface area contributed by atoms with Crippen LogP contribution in [0.25, 0.3) is 6.08 Å². The minimum Gasteiger partial charge on any atom is -0.207 e. The van der Waals surface area contributed by atoms with Gasteiger partial charge in [0.15, 0.2) is 0 Å². The van der Waals surface area contributed by atoms with Gasteiger partial charge in [-0.3, -0.25) is 0 Å². The van der Waals surface area contributed by atoms with Crippen LogP contribution in [0.15, 0.2) is 96.4 Å². The zero-order valence-electron chi connectivity index (χ0n) is 14.6. The van der Waals surface area contributed by atoms with Gasteiger partial charge in [-0.05, 0) is 22.8 Å². The van der Waals surface area contributed by atoms with E-state index in [1.54, 1.807) is 13.1 Å². The summed E-state index contributed by atoms with van der Waals surface area (Å²) in [5.41, 5.74) is 2.70. The van der Waals surface area contributed by atoms with Gasteiger partial charge in [0.2, 0.25) is 10.0 Å². The molecule has 0 aliphatic carbocycles. The summed E-state index contributed by atoms with van der Waals surface area (Å²) in [4.78, 5) is 0. The van der Waals surface area contributed by atoms with Crippen molar-refractivity contribution in [2.75, 3.05) is 7.05 Å². The Morgan fingerprint density at radius 2 is 1.15 bits per heavy atom. The Morgan fingerprint density at radius 3 is 1.62 bits per heavy atom. The van der Waals surface area contributed by atoms with Crippen molar-refractivity contribution in [1.82, 2.24) is 4.31 Å². The molecule has 0 heterocycles. The van der Waals surface area contributed by atoms with Crippen LogP contribution in [0.5, 0.6) is 0 Å². The SMILES string of the molecule is CN(C(c1ccccc1)c1ccccc1)S(=O)(=O)/C=C/c1ccccc1. The first kappa shape index (κ1) is 18.1. The quantitative estimate of drug-likeness (QED) is 0.636. The minimum absolute atomic E-state index is 0.386. The highest BCUT2D eigenvalue weighted by Gasteiger charge is 2.27. The van der Waals surface area contributed by atoms with E-state index >= 15 is 0 Å². The van der Waals surface area contributed by atoms with E-state index in [0.717, 1.165) is 16.7 Å². The third kappa shape index (κ3) is 4.28. The first-order valence-electron chi connectivity index (χ1n) is 8.39. The molecule has 0 aliphatic rings. The van der Waals surface area contributed by atoms with Crippen LogP contribution in [-0.4, -0.2) is 19.8 Å². The minimum atomic E-state index is -3.60. The lowest BCUT2D eigenvalue weighted by molar-refractivity contribution is 0.424. The van der Waals surface area contributed by atoms with Crippen molar-refractivity contribution in [3.8, 4) is 0 Å². The molecule has 0 atom stereocenters. The van der Waals surface area contributed by atoms with Gasteiger partial charge in [-0.25, -0.2) is 8.42 Å². The molecular weight excluding hydrogens is 342 g/mol. The number of benzene rings is 3. The van der Waals surface area contributed by atoms with E-state index in [1.807, 2.05) is 91.0 Å². The lowest BCUT2D eigenvalue weighted by Gasteiger charge is -2.27. The van der Waals surface area contributed by atoms with Crippen LogP contribution in [0.4, 0.5) is 0 Å². The van der Waals surface area contributed by atoms with Gasteiger partial charge in [-0.15, -0.1) is 0 Å². The van der Waals surface area contributed by atoms with Gasteiger partial charge >= 0.3 is 0 Å². The average Bonchev–Trinajstić information content (AvgIpc) is 2.69. The normalized spacial score (nSPS) is 12.1. The van der Waals surface area contributed by atoms with Crippen LogP contribution >= 0.6 is 0 Å². The highest BCUT2D eigenvalue weighted by atomic mass is 32.2. The maximum atomic E-state index is 12.9. The molecule has 0 aliphatic heterocycles. The molecule has 132 valence electrons. The lowest BCUT2D eigenvalue weighted by Crippen LogP contribution is -2.30. The third-order valence-corrected chi connectivity index (χ3v) is 5.72. The van der Waals surface area contributed by atoms with Crippen LogP contribution in [0.3, 0.4) is 0 Å². The molecule has 0 radical (unpaired) electrons. The Bertz CT molecular complexity index is 913. The van der Waals surface area contributed by atoms with Crippen molar-refractivity contribution in [2.45, 2.75) is 6.04 Å². The summed E-state index contributed by atoms with van der Waals surface area (Å²) >= 11 is 0. The van der Waals surface area contributed by atoms with Crippen molar-refractivity contribution in [1.29, 1.82) is 0 Å². The molecule has 26 heavy (non-hydrogen) atoms. The number of sulfonamides is 1. The first-order valence-corrected chi connectivity index (χ1v) is 9.89. The smallest absolute Gasteiger partial charge is 0.207 e. The molecule has 3 rings (SSSR count). The molecule has 3 aromatic carbocycles. The molecule has 0 unspecified atom stereocenters. The van der Waals surface area contributed by atoms with E-state index in [2.05, 4.69) is 0 Å². The fourth-order valence-electron chi connectivity index (χ4n) is 2.85. The van der Waals surface area contributed by atoms with Crippen LogP contribution in [0, 0.1) is 0 Å². The summed E-state index contributed by atoms with van der Waals surface area (Å²) in [6.45, 7) is 0. The maximum Gasteiger partial charge on any atom is 0.236 e. The fraction of sp³-hybridized carbons (Fsp3) is 0.0909. The molecular formula is C22H21NO2S. The van der Waals surface area contributed by atoms with E-state index in [1.165, 1.54) is 9.71 Å². The number of hydrogen-bond donors (Lipinski definition) is 0. The molecule has 0 saturated carbocycles. The van der Waals surface area contributed by atoms with Gasteiger partial charge in [0.25, 0.3) is 0 Å². The van der Waals surface area contributed by atoms with Crippen molar-refractivity contribution in [3.05, 3.63) is 113 Å². The van der Waals surface area contributed by atoms with Crippen molar-refractivity contribution < 1.29 is 8.42 Å². The van der Waals surface area contributed by atoms with Crippen LogP contribution in [0.1, 0.15) is 22.7 Å². The summed E-state index contributed by atoms with van der Waals surface area (Å²) < 4.78 is 27.3. The van der Waals surface area contributed by atoms with Crippen molar-refractivity contribution in [2.24, 2.45) is 0 Å². The van der Waals surface area contributed by atoms with E-state index in [-0.39, 0.29) is 6.04 Å². The van der Waals surface area contributed by atoms with Crippen LogP contribution in [-0.2, 0) is 10.0 Å². The van der Waals surface area contributed by atoms with Crippen LogP contribution in [0.2, 0.25) is 0 Å². The van der Waals surface area contributed by atoms with Gasteiger partial charge in [-0.1, -0.05) is 91.0 Å². The highest BCUT2D eigenvalue weighted by molar-refractivity contribution is 7.92. The summed E-state index contributed by atoms with van der Waals surface area (Å²) in [5.74, 6) is 0. The summed E-state index contributed by atoms with van der Waals surface area (Å²) in [6.07, 6.45) is 1.62. The fourth-order valence-corrected chi connectivity index (χ4v) is 3.91. The Morgan fingerprint density at radius 1 is 0.731 bits per heavy atom.